The lowest BCUT2D eigenvalue weighted by molar-refractivity contribution is 0.437. The number of benzene rings is 2. The number of rotatable bonds is 3. The van der Waals surface area contributed by atoms with Gasteiger partial charge in [0.1, 0.15) is 5.92 Å². The van der Waals surface area contributed by atoms with Gasteiger partial charge in [0.05, 0.1) is 6.07 Å². The minimum Gasteiger partial charge on any atom is -0.422 e. The van der Waals surface area contributed by atoms with Crippen molar-refractivity contribution >= 4 is 16.7 Å². The maximum absolute atomic E-state index is 9.75. The Bertz CT molecular complexity index is 993. The summed E-state index contributed by atoms with van der Waals surface area (Å²) < 4.78 is 5.54. The van der Waals surface area contributed by atoms with Crippen molar-refractivity contribution in [2.75, 3.05) is 0 Å². The molecule has 0 fully saturated rings. The summed E-state index contributed by atoms with van der Waals surface area (Å²) in [5, 5.41) is 27.4. The average molecular weight is 330 g/mol. The minimum absolute atomic E-state index is 0.0394. The monoisotopic (exact) mass is 330 g/mol. The van der Waals surface area contributed by atoms with Crippen molar-refractivity contribution in [1.82, 2.24) is 10.2 Å². The molecule has 2 atom stereocenters. The van der Waals surface area contributed by atoms with Gasteiger partial charge in [0.25, 0.3) is 0 Å². The van der Waals surface area contributed by atoms with E-state index in [-0.39, 0.29) is 11.8 Å². The van der Waals surface area contributed by atoms with Gasteiger partial charge in [-0.3, -0.25) is 10.5 Å². The number of aromatic amines is 1. The molecule has 0 spiro atoms. The van der Waals surface area contributed by atoms with E-state index in [9.17, 15) is 5.26 Å². The van der Waals surface area contributed by atoms with E-state index < -0.39 is 5.92 Å². The van der Waals surface area contributed by atoms with Crippen molar-refractivity contribution < 1.29 is 4.74 Å². The van der Waals surface area contributed by atoms with Gasteiger partial charge in [0.2, 0.25) is 11.8 Å². The summed E-state index contributed by atoms with van der Waals surface area (Å²) >= 11 is 0. The number of aromatic nitrogens is 2. The maximum atomic E-state index is 9.75. The second-order valence-electron chi connectivity index (χ2n) is 6.29. The summed E-state index contributed by atoms with van der Waals surface area (Å²) in [5.74, 6) is -0.528. The van der Waals surface area contributed by atoms with Crippen LogP contribution in [0.4, 0.5) is 0 Å². The fourth-order valence-corrected chi connectivity index (χ4v) is 3.68. The van der Waals surface area contributed by atoms with Crippen LogP contribution in [-0.4, -0.2) is 16.1 Å². The maximum Gasteiger partial charge on any atom is 0.243 e. The molecule has 3 aromatic rings. The first-order chi connectivity index (χ1) is 12.2. The lowest BCUT2D eigenvalue weighted by atomic mass is 9.77. The number of nitriles is 1. The molecule has 0 radical (unpaired) electrons. The van der Waals surface area contributed by atoms with Crippen molar-refractivity contribution in [3.63, 3.8) is 0 Å². The molecule has 2 heterocycles. The van der Waals surface area contributed by atoms with Crippen LogP contribution in [0.1, 0.15) is 36.1 Å². The van der Waals surface area contributed by atoms with E-state index in [1.54, 1.807) is 0 Å². The van der Waals surface area contributed by atoms with Gasteiger partial charge in [0.15, 0.2) is 0 Å². The van der Waals surface area contributed by atoms with Gasteiger partial charge < -0.3 is 4.74 Å². The Kier molecular flexibility index (Phi) is 3.73. The number of nitrogens with zero attached hydrogens (tertiary/aromatic N) is 2. The number of aryl methyl sites for hydroxylation is 1. The standard InChI is InChI=1S/C20H18N4O/c1-2-6-16-18-17(15(11-21)19(22)25-20(18)24-23-16)14-10-5-8-12-7-3-4-9-13(12)14/h3-5,7-10,15,17,22H,2,6H2,1H3,(H,23,24). The molecule has 5 heteroatoms. The van der Waals surface area contributed by atoms with Crippen LogP contribution in [0.5, 0.6) is 5.88 Å². The molecule has 0 aliphatic carbocycles. The van der Waals surface area contributed by atoms with Crippen LogP contribution in [0.25, 0.3) is 10.8 Å². The van der Waals surface area contributed by atoms with Crippen LogP contribution >= 0.6 is 0 Å². The van der Waals surface area contributed by atoms with Crippen molar-refractivity contribution in [3.05, 3.63) is 59.3 Å². The first-order valence-corrected chi connectivity index (χ1v) is 8.45. The third-order valence-electron chi connectivity index (χ3n) is 4.78. The van der Waals surface area contributed by atoms with Gasteiger partial charge in [-0.2, -0.15) is 5.26 Å². The number of nitrogens with one attached hydrogen (secondary N) is 2. The van der Waals surface area contributed by atoms with Gasteiger partial charge in [-0.05, 0) is 22.8 Å². The Morgan fingerprint density at radius 3 is 2.84 bits per heavy atom. The van der Waals surface area contributed by atoms with Gasteiger partial charge in [-0.1, -0.05) is 55.8 Å². The zero-order valence-corrected chi connectivity index (χ0v) is 13.9. The van der Waals surface area contributed by atoms with E-state index in [4.69, 9.17) is 10.1 Å². The second kappa shape index (κ2) is 6.06. The predicted octanol–water partition coefficient (Wildman–Crippen LogP) is 4.16. The van der Waals surface area contributed by atoms with Crippen molar-refractivity contribution in [2.24, 2.45) is 5.92 Å². The fraction of sp³-hybridized carbons (Fsp3) is 0.250. The molecule has 2 N–H and O–H groups in total. The molecule has 1 aromatic heterocycles. The van der Waals surface area contributed by atoms with E-state index in [0.717, 1.165) is 40.4 Å². The topological polar surface area (TPSA) is 85.5 Å². The first kappa shape index (κ1) is 15.4. The zero-order valence-electron chi connectivity index (χ0n) is 13.9. The number of hydrogen-bond acceptors (Lipinski definition) is 4. The molecule has 2 aromatic carbocycles. The van der Waals surface area contributed by atoms with Crippen LogP contribution in [0, 0.1) is 22.7 Å². The largest absolute Gasteiger partial charge is 0.422 e. The molecule has 4 rings (SSSR count). The van der Waals surface area contributed by atoms with E-state index in [1.165, 1.54) is 0 Å². The SMILES string of the molecule is CCCc1[nH]nc2c1C(c1cccc3ccccc13)C(C#N)C(=N)O2. The summed E-state index contributed by atoms with van der Waals surface area (Å²) in [6.07, 6.45) is 1.80. The van der Waals surface area contributed by atoms with Crippen LogP contribution in [-0.2, 0) is 6.42 Å². The zero-order chi connectivity index (χ0) is 17.4. The molecule has 25 heavy (non-hydrogen) atoms. The smallest absolute Gasteiger partial charge is 0.243 e. The van der Waals surface area contributed by atoms with Crippen LogP contribution in [0.15, 0.2) is 42.5 Å². The van der Waals surface area contributed by atoms with Crippen LogP contribution in [0.2, 0.25) is 0 Å². The molecule has 1 aliphatic rings. The third kappa shape index (κ3) is 2.38. The highest BCUT2D eigenvalue weighted by Crippen LogP contribution is 2.44. The second-order valence-corrected chi connectivity index (χ2v) is 6.29. The Hall–Kier alpha value is -3.13. The van der Waals surface area contributed by atoms with Gasteiger partial charge >= 0.3 is 0 Å². The molecule has 124 valence electrons. The Morgan fingerprint density at radius 1 is 1.24 bits per heavy atom. The molecule has 0 saturated heterocycles. The number of H-pyrrole nitrogens is 1. The molecule has 0 bridgehead atoms. The van der Waals surface area contributed by atoms with Gasteiger partial charge in [-0.25, -0.2) is 0 Å². The molecular weight excluding hydrogens is 312 g/mol. The lowest BCUT2D eigenvalue weighted by Gasteiger charge is -2.29. The van der Waals surface area contributed by atoms with E-state index in [0.29, 0.717) is 5.88 Å². The fourth-order valence-electron chi connectivity index (χ4n) is 3.68. The molecule has 2 unspecified atom stereocenters. The van der Waals surface area contributed by atoms with Crippen LogP contribution in [0.3, 0.4) is 0 Å². The molecular formula is C20H18N4O. The number of fused-ring (bicyclic) bond motifs is 2. The normalized spacial score (nSPS) is 19.3. The molecule has 1 aliphatic heterocycles. The first-order valence-electron chi connectivity index (χ1n) is 8.45. The molecule has 0 saturated carbocycles. The molecule has 5 nitrogen and oxygen atoms in total. The Balaban J connectivity index is 1.99. The number of ether oxygens (including phenoxy) is 1. The van der Waals surface area contributed by atoms with Gasteiger partial charge in [-0.15, -0.1) is 5.10 Å². The van der Waals surface area contributed by atoms with Gasteiger partial charge in [0, 0.05) is 17.2 Å². The summed E-state index contributed by atoms with van der Waals surface area (Å²) in [6.45, 7) is 2.10. The lowest BCUT2D eigenvalue weighted by Crippen LogP contribution is -2.31. The van der Waals surface area contributed by atoms with E-state index >= 15 is 0 Å². The van der Waals surface area contributed by atoms with E-state index in [1.807, 2.05) is 24.3 Å². The Labute approximate surface area is 145 Å². The van der Waals surface area contributed by atoms with Crippen molar-refractivity contribution in [3.8, 4) is 11.9 Å². The quantitative estimate of drug-likeness (QED) is 0.756. The third-order valence-corrected chi connectivity index (χ3v) is 4.78. The minimum atomic E-state index is -0.661. The summed E-state index contributed by atoms with van der Waals surface area (Å²) in [5.41, 5.74) is 2.95. The highest BCUT2D eigenvalue weighted by molar-refractivity contribution is 5.90. The summed E-state index contributed by atoms with van der Waals surface area (Å²) in [4.78, 5) is 0. The predicted molar refractivity (Wildman–Crippen MR) is 95.8 cm³/mol. The average Bonchev–Trinajstić information content (AvgIpc) is 3.03. The van der Waals surface area contributed by atoms with Crippen molar-refractivity contribution in [1.29, 1.82) is 10.7 Å². The molecule has 0 amide bonds. The highest BCUT2D eigenvalue weighted by Gasteiger charge is 2.40. The highest BCUT2D eigenvalue weighted by atomic mass is 16.5. The van der Waals surface area contributed by atoms with E-state index in [2.05, 4.69) is 41.4 Å². The summed E-state index contributed by atoms with van der Waals surface area (Å²) in [7, 11) is 0. The van der Waals surface area contributed by atoms with Crippen LogP contribution < -0.4 is 4.74 Å². The van der Waals surface area contributed by atoms with Crippen molar-refractivity contribution in [2.45, 2.75) is 25.7 Å². The Morgan fingerprint density at radius 2 is 2.04 bits per heavy atom. The number of hydrogen-bond donors (Lipinski definition) is 2. The summed E-state index contributed by atoms with van der Waals surface area (Å²) in [6, 6.07) is 16.5.